The fourth-order valence-corrected chi connectivity index (χ4v) is 6.04. The van der Waals surface area contributed by atoms with Crippen LogP contribution in [0, 0.1) is 23.2 Å². The third-order valence-corrected chi connectivity index (χ3v) is 6.85. The van der Waals surface area contributed by atoms with Crippen LogP contribution >= 0.6 is 23.2 Å². The topological polar surface area (TPSA) is 41.5 Å². The maximum atomic E-state index is 12.4. The third-order valence-electron chi connectivity index (χ3n) is 6.31. The lowest BCUT2D eigenvalue weighted by Gasteiger charge is -2.56. The summed E-state index contributed by atoms with van der Waals surface area (Å²) in [6.45, 7) is 2.08. The number of rotatable bonds is 3. The van der Waals surface area contributed by atoms with Crippen molar-refractivity contribution in [1.29, 1.82) is 0 Å². The quantitative estimate of drug-likeness (QED) is 0.572. The molecule has 1 aromatic carbocycles. The Kier molecular flexibility index (Phi) is 4.12. The Labute approximate surface area is 152 Å². The highest BCUT2D eigenvalue weighted by Crippen LogP contribution is 2.60. The fourth-order valence-electron chi connectivity index (χ4n) is 5.54. The van der Waals surface area contributed by atoms with Gasteiger partial charge in [-0.3, -0.25) is 4.79 Å². The van der Waals surface area contributed by atoms with Crippen LogP contribution in [0.5, 0.6) is 0 Å². The molecule has 0 atom stereocenters. The van der Waals surface area contributed by atoms with Gasteiger partial charge in [0, 0.05) is 16.1 Å². The molecule has 3 nitrogen and oxygen atoms in total. The molecule has 1 N–H and O–H groups in total. The molecule has 4 aliphatic rings. The summed E-state index contributed by atoms with van der Waals surface area (Å²) in [5.74, 6) is 2.31. The maximum Gasteiger partial charge on any atom is 0.272 e. The zero-order valence-electron chi connectivity index (χ0n) is 13.8. The molecule has 0 aromatic heterocycles. The first kappa shape index (κ1) is 16.4. The van der Waals surface area contributed by atoms with Crippen LogP contribution < -0.4 is 5.43 Å². The van der Waals surface area contributed by atoms with Gasteiger partial charge in [0.15, 0.2) is 0 Å². The van der Waals surface area contributed by atoms with E-state index in [9.17, 15) is 4.79 Å². The van der Waals surface area contributed by atoms with E-state index in [0.717, 1.165) is 23.5 Å². The lowest BCUT2D eigenvalue weighted by Crippen LogP contribution is -2.49. The van der Waals surface area contributed by atoms with Crippen molar-refractivity contribution in [2.75, 3.05) is 0 Å². The van der Waals surface area contributed by atoms with Crippen molar-refractivity contribution < 1.29 is 4.79 Å². The Morgan fingerprint density at radius 1 is 1.12 bits per heavy atom. The molecule has 5 heteroatoms. The van der Waals surface area contributed by atoms with Crippen LogP contribution in [0.2, 0.25) is 10.0 Å². The highest BCUT2D eigenvalue weighted by atomic mass is 35.5. The van der Waals surface area contributed by atoms with Crippen LogP contribution in [0.1, 0.15) is 55.8 Å². The third kappa shape index (κ3) is 2.86. The van der Waals surface area contributed by atoms with Crippen molar-refractivity contribution in [2.45, 2.75) is 45.4 Å². The number of hydrazone groups is 1. The molecule has 1 amide bonds. The fraction of sp³-hybridized carbons (Fsp3) is 0.579. The van der Waals surface area contributed by atoms with Crippen molar-refractivity contribution in [3.8, 4) is 0 Å². The molecular formula is C19H22Cl2N2O. The van der Waals surface area contributed by atoms with Crippen LogP contribution in [0.4, 0.5) is 0 Å². The standard InChI is InChI=1S/C19H22Cl2N2O/c1-11(19-8-12-4-13(9-19)6-14(5-12)10-19)22-23-18(24)16-3-2-15(20)7-17(16)21/h2-3,7,12-14H,4-6,8-10H2,1H3,(H,23,24). The predicted molar refractivity (Wildman–Crippen MR) is 97.6 cm³/mol. The average Bonchev–Trinajstić information content (AvgIpc) is 2.51. The normalized spacial score (nSPS) is 34.5. The SMILES string of the molecule is CC(=NNC(=O)c1ccc(Cl)cc1Cl)C12CC3CC(CC(C3)C1)C2. The first-order chi connectivity index (χ1) is 11.4. The van der Waals surface area contributed by atoms with E-state index in [1.54, 1.807) is 18.2 Å². The molecule has 0 spiro atoms. The van der Waals surface area contributed by atoms with Crippen LogP contribution in [-0.4, -0.2) is 11.6 Å². The minimum absolute atomic E-state index is 0.214. The van der Waals surface area contributed by atoms with E-state index >= 15 is 0 Å². The van der Waals surface area contributed by atoms with Gasteiger partial charge in [-0.25, -0.2) is 5.43 Å². The number of nitrogens with one attached hydrogen (secondary N) is 1. The number of hydrogen-bond donors (Lipinski definition) is 1. The number of benzene rings is 1. The summed E-state index contributed by atoms with van der Waals surface area (Å²) >= 11 is 12.0. The van der Waals surface area contributed by atoms with Gasteiger partial charge in [-0.2, -0.15) is 5.10 Å². The van der Waals surface area contributed by atoms with Crippen LogP contribution in [0.15, 0.2) is 23.3 Å². The molecule has 5 rings (SSSR count). The van der Waals surface area contributed by atoms with Crippen molar-refractivity contribution in [2.24, 2.45) is 28.3 Å². The van der Waals surface area contributed by atoms with Crippen molar-refractivity contribution in [1.82, 2.24) is 5.43 Å². The van der Waals surface area contributed by atoms with E-state index in [-0.39, 0.29) is 11.3 Å². The van der Waals surface area contributed by atoms with Crippen molar-refractivity contribution >= 4 is 34.8 Å². The van der Waals surface area contributed by atoms with E-state index in [2.05, 4.69) is 17.5 Å². The molecule has 0 radical (unpaired) electrons. The Hall–Kier alpha value is -1.06. The van der Waals surface area contributed by atoms with Crippen molar-refractivity contribution in [3.05, 3.63) is 33.8 Å². The number of carbonyl (C=O) groups excluding carboxylic acids is 1. The van der Waals surface area contributed by atoms with Gasteiger partial charge in [0.2, 0.25) is 0 Å². The first-order valence-electron chi connectivity index (χ1n) is 8.75. The Balaban J connectivity index is 1.50. The minimum atomic E-state index is -0.277. The van der Waals surface area contributed by atoms with Gasteiger partial charge in [0.05, 0.1) is 10.6 Å². The molecule has 0 saturated heterocycles. The monoisotopic (exact) mass is 364 g/mol. The summed E-state index contributed by atoms with van der Waals surface area (Å²) in [6, 6.07) is 4.88. The Morgan fingerprint density at radius 2 is 1.71 bits per heavy atom. The van der Waals surface area contributed by atoms with Gasteiger partial charge < -0.3 is 0 Å². The van der Waals surface area contributed by atoms with Crippen LogP contribution in [-0.2, 0) is 0 Å². The number of halogens is 2. The minimum Gasteiger partial charge on any atom is -0.267 e. The number of carbonyl (C=O) groups is 1. The summed E-state index contributed by atoms with van der Waals surface area (Å²) < 4.78 is 0. The zero-order chi connectivity index (χ0) is 16.9. The van der Waals surface area contributed by atoms with E-state index in [0.29, 0.717) is 15.6 Å². The van der Waals surface area contributed by atoms with Gasteiger partial charge in [-0.15, -0.1) is 0 Å². The van der Waals surface area contributed by atoms with E-state index in [1.165, 1.54) is 38.5 Å². The molecule has 4 saturated carbocycles. The lowest BCUT2D eigenvalue weighted by molar-refractivity contribution is -0.0128. The van der Waals surface area contributed by atoms with Gasteiger partial charge in [0.25, 0.3) is 5.91 Å². The molecule has 4 fully saturated rings. The molecule has 128 valence electrons. The number of hydrogen-bond acceptors (Lipinski definition) is 2. The second kappa shape index (κ2) is 6.03. The van der Waals surface area contributed by atoms with Gasteiger partial charge in [0.1, 0.15) is 0 Å². The summed E-state index contributed by atoms with van der Waals surface area (Å²) in [5, 5.41) is 5.35. The molecule has 0 unspecified atom stereocenters. The molecule has 24 heavy (non-hydrogen) atoms. The molecule has 4 aliphatic carbocycles. The highest BCUT2D eigenvalue weighted by Gasteiger charge is 2.52. The smallest absolute Gasteiger partial charge is 0.267 e. The van der Waals surface area contributed by atoms with Crippen LogP contribution in [0.25, 0.3) is 0 Å². The molecular weight excluding hydrogens is 343 g/mol. The van der Waals surface area contributed by atoms with Gasteiger partial charge >= 0.3 is 0 Å². The molecule has 4 bridgehead atoms. The van der Waals surface area contributed by atoms with E-state index < -0.39 is 0 Å². The highest BCUT2D eigenvalue weighted by molar-refractivity contribution is 6.36. The molecule has 0 aliphatic heterocycles. The Bertz CT molecular complexity index is 678. The summed E-state index contributed by atoms with van der Waals surface area (Å²) in [6.07, 6.45) is 7.93. The zero-order valence-corrected chi connectivity index (χ0v) is 15.3. The second-order valence-corrected chi connectivity index (χ2v) is 8.80. The van der Waals surface area contributed by atoms with E-state index in [4.69, 9.17) is 23.2 Å². The average molecular weight is 365 g/mol. The molecule has 0 heterocycles. The van der Waals surface area contributed by atoms with Gasteiger partial charge in [-0.05, 0) is 81.4 Å². The van der Waals surface area contributed by atoms with E-state index in [1.807, 2.05) is 0 Å². The predicted octanol–water partition coefficient (Wildman–Crippen LogP) is 5.32. The summed E-state index contributed by atoms with van der Waals surface area (Å²) in [7, 11) is 0. The number of amides is 1. The Morgan fingerprint density at radius 3 is 2.25 bits per heavy atom. The second-order valence-electron chi connectivity index (χ2n) is 7.96. The van der Waals surface area contributed by atoms with Crippen LogP contribution in [0.3, 0.4) is 0 Å². The summed E-state index contributed by atoms with van der Waals surface area (Å²) in [4.78, 5) is 12.4. The first-order valence-corrected chi connectivity index (χ1v) is 9.51. The maximum absolute atomic E-state index is 12.4. The molecule has 1 aromatic rings. The van der Waals surface area contributed by atoms with Gasteiger partial charge in [-0.1, -0.05) is 23.2 Å². The van der Waals surface area contributed by atoms with Crippen molar-refractivity contribution in [3.63, 3.8) is 0 Å². The largest absolute Gasteiger partial charge is 0.272 e. The lowest BCUT2D eigenvalue weighted by atomic mass is 9.48. The summed E-state index contributed by atoms with van der Waals surface area (Å²) in [5.41, 5.74) is 4.41. The number of nitrogens with zero attached hydrogens (tertiary/aromatic N) is 1.